The number of nitrogens with zero attached hydrogens (tertiary/aromatic N) is 1. The number of benzene rings is 1. The molecule has 4 heteroatoms. The second-order valence-corrected chi connectivity index (χ2v) is 6.48. The second-order valence-electron chi connectivity index (χ2n) is 5.28. The van der Waals surface area contributed by atoms with E-state index in [1.165, 1.54) is 6.07 Å². The normalized spacial score (nSPS) is 11.6. The van der Waals surface area contributed by atoms with Crippen LogP contribution >= 0.6 is 11.3 Å². The van der Waals surface area contributed by atoms with Crippen LogP contribution in [0.3, 0.4) is 0 Å². The fraction of sp³-hybridized carbons (Fsp3) is 0.357. The van der Waals surface area contributed by atoms with E-state index in [1.54, 1.807) is 23.5 Å². The first-order valence-corrected chi connectivity index (χ1v) is 6.69. The lowest BCUT2D eigenvalue weighted by Gasteiger charge is -2.19. The molecule has 18 heavy (non-hydrogen) atoms. The van der Waals surface area contributed by atoms with Crippen molar-refractivity contribution in [3.63, 3.8) is 0 Å². The Hall–Kier alpha value is -1.42. The first-order chi connectivity index (χ1) is 8.37. The molecule has 0 bridgehead atoms. The molecule has 0 aliphatic carbocycles. The fourth-order valence-corrected chi connectivity index (χ4v) is 2.71. The highest BCUT2D eigenvalue weighted by molar-refractivity contribution is 7.16. The summed E-state index contributed by atoms with van der Waals surface area (Å²) < 4.78 is 13.7. The number of aromatic nitrogens is 1. The van der Waals surface area contributed by atoms with Gasteiger partial charge in [0, 0.05) is 16.0 Å². The molecular formula is C14H17FN2S. The quantitative estimate of drug-likeness (QED) is 0.865. The van der Waals surface area contributed by atoms with Crippen molar-refractivity contribution in [1.29, 1.82) is 0 Å². The third-order valence-electron chi connectivity index (χ3n) is 2.41. The third-order valence-corrected chi connectivity index (χ3v) is 3.29. The third kappa shape index (κ3) is 2.88. The molecule has 0 saturated carbocycles. The van der Waals surface area contributed by atoms with Gasteiger partial charge in [0.2, 0.25) is 0 Å². The zero-order valence-corrected chi connectivity index (χ0v) is 11.9. The molecule has 2 aromatic rings. The van der Waals surface area contributed by atoms with E-state index in [4.69, 9.17) is 0 Å². The Bertz CT molecular complexity index is 555. The van der Waals surface area contributed by atoms with Crippen LogP contribution in [-0.4, -0.2) is 10.5 Å². The molecule has 0 spiro atoms. The largest absolute Gasteiger partial charge is 0.357 e. The average molecular weight is 264 g/mol. The molecule has 0 aliphatic heterocycles. The maximum Gasteiger partial charge on any atom is 0.183 e. The van der Waals surface area contributed by atoms with Gasteiger partial charge in [0.05, 0.1) is 5.69 Å². The maximum atomic E-state index is 13.7. The van der Waals surface area contributed by atoms with Crippen LogP contribution in [0.5, 0.6) is 0 Å². The maximum absolute atomic E-state index is 13.7. The van der Waals surface area contributed by atoms with Crippen LogP contribution in [0.4, 0.5) is 9.52 Å². The number of aryl methyl sites for hydroxylation is 1. The van der Waals surface area contributed by atoms with Crippen molar-refractivity contribution in [2.75, 3.05) is 5.32 Å². The van der Waals surface area contributed by atoms with Gasteiger partial charge in [-0.2, -0.15) is 0 Å². The number of hydrogen-bond acceptors (Lipinski definition) is 3. The molecule has 2 nitrogen and oxygen atoms in total. The molecule has 0 radical (unpaired) electrons. The molecule has 0 aliphatic rings. The van der Waals surface area contributed by atoms with Crippen molar-refractivity contribution in [3.05, 3.63) is 35.0 Å². The van der Waals surface area contributed by atoms with Gasteiger partial charge >= 0.3 is 0 Å². The highest BCUT2D eigenvalue weighted by Crippen LogP contribution is 2.32. The molecule has 1 heterocycles. The first-order valence-electron chi connectivity index (χ1n) is 5.87. The van der Waals surface area contributed by atoms with Gasteiger partial charge in [-0.15, -0.1) is 11.3 Å². The number of anilines is 1. The predicted octanol–water partition coefficient (Wildman–Crippen LogP) is 4.47. The Balaban J connectivity index is 2.39. The zero-order valence-electron chi connectivity index (χ0n) is 11.0. The summed E-state index contributed by atoms with van der Waals surface area (Å²) in [7, 11) is 0. The van der Waals surface area contributed by atoms with Gasteiger partial charge in [-0.1, -0.05) is 12.1 Å². The number of hydrogen-bond donors (Lipinski definition) is 1. The summed E-state index contributed by atoms with van der Waals surface area (Å²) in [6, 6.07) is 6.74. The van der Waals surface area contributed by atoms with E-state index in [-0.39, 0.29) is 11.4 Å². The van der Waals surface area contributed by atoms with E-state index in [9.17, 15) is 4.39 Å². The predicted molar refractivity (Wildman–Crippen MR) is 75.6 cm³/mol. The summed E-state index contributed by atoms with van der Waals surface area (Å²) >= 11 is 1.56. The molecule has 2 rings (SSSR count). The van der Waals surface area contributed by atoms with Crippen LogP contribution in [0.15, 0.2) is 24.3 Å². The van der Waals surface area contributed by atoms with Crippen molar-refractivity contribution in [1.82, 2.24) is 4.98 Å². The fourth-order valence-electron chi connectivity index (χ4n) is 1.67. The number of halogens is 1. The minimum absolute atomic E-state index is 0.0448. The Morgan fingerprint density at radius 3 is 2.50 bits per heavy atom. The smallest absolute Gasteiger partial charge is 0.183 e. The lowest BCUT2D eigenvalue weighted by atomic mass is 10.1. The topological polar surface area (TPSA) is 24.9 Å². The summed E-state index contributed by atoms with van der Waals surface area (Å²) in [5.41, 5.74) is 1.25. The lowest BCUT2D eigenvalue weighted by molar-refractivity contribution is 0.630. The van der Waals surface area contributed by atoms with Gasteiger partial charge in [0.1, 0.15) is 5.82 Å². The minimum Gasteiger partial charge on any atom is -0.357 e. The van der Waals surface area contributed by atoms with Crippen LogP contribution in [0.25, 0.3) is 11.3 Å². The Kier molecular flexibility index (Phi) is 3.39. The zero-order chi connectivity index (χ0) is 13.3. The molecule has 96 valence electrons. The molecule has 1 aromatic carbocycles. The van der Waals surface area contributed by atoms with Crippen LogP contribution in [0.1, 0.15) is 25.6 Å². The number of thiazole rings is 1. The second kappa shape index (κ2) is 4.69. The number of rotatable bonds is 2. The molecular weight excluding hydrogens is 247 g/mol. The standard InChI is InChI=1S/C14H17FN2S/c1-9-12(10-7-5-6-8-11(10)15)16-13(18-9)17-14(2,3)4/h5-8H,1-4H3,(H,16,17). The van der Waals surface area contributed by atoms with E-state index < -0.39 is 0 Å². The van der Waals surface area contributed by atoms with Crippen LogP contribution in [0, 0.1) is 12.7 Å². The number of nitrogens with one attached hydrogen (secondary N) is 1. The highest BCUT2D eigenvalue weighted by atomic mass is 32.1. The van der Waals surface area contributed by atoms with E-state index in [1.807, 2.05) is 13.0 Å². The minimum atomic E-state index is -0.229. The van der Waals surface area contributed by atoms with E-state index in [0.29, 0.717) is 5.56 Å². The van der Waals surface area contributed by atoms with Crippen molar-refractivity contribution < 1.29 is 4.39 Å². The van der Waals surface area contributed by atoms with Crippen LogP contribution < -0.4 is 5.32 Å². The first kappa shape index (κ1) is 13.0. The highest BCUT2D eigenvalue weighted by Gasteiger charge is 2.16. The molecule has 1 N–H and O–H groups in total. The SMILES string of the molecule is Cc1sc(NC(C)(C)C)nc1-c1ccccc1F. The van der Waals surface area contributed by atoms with Gasteiger partial charge < -0.3 is 5.32 Å². The van der Waals surface area contributed by atoms with Gasteiger partial charge in [0.25, 0.3) is 0 Å². The molecule has 0 saturated heterocycles. The molecule has 0 atom stereocenters. The van der Waals surface area contributed by atoms with E-state index in [0.717, 1.165) is 15.7 Å². The summed E-state index contributed by atoms with van der Waals surface area (Å²) in [5.74, 6) is -0.229. The van der Waals surface area contributed by atoms with Crippen LogP contribution in [0.2, 0.25) is 0 Å². The van der Waals surface area contributed by atoms with Gasteiger partial charge in [-0.25, -0.2) is 9.37 Å². The van der Waals surface area contributed by atoms with E-state index >= 15 is 0 Å². The summed E-state index contributed by atoms with van der Waals surface area (Å²) in [6.45, 7) is 8.19. The van der Waals surface area contributed by atoms with Gasteiger partial charge in [0.15, 0.2) is 5.13 Å². The summed E-state index contributed by atoms with van der Waals surface area (Å²) in [6.07, 6.45) is 0. The Labute approximate surface area is 111 Å². The molecule has 1 aromatic heterocycles. The van der Waals surface area contributed by atoms with Crippen molar-refractivity contribution in [2.45, 2.75) is 33.2 Å². The monoisotopic (exact) mass is 264 g/mol. The van der Waals surface area contributed by atoms with Gasteiger partial charge in [-0.3, -0.25) is 0 Å². The lowest BCUT2D eigenvalue weighted by Crippen LogP contribution is -2.25. The van der Waals surface area contributed by atoms with Gasteiger partial charge in [-0.05, 0) is 39.8 Å². The van der Waals surface area contributed by atoms with Crippen LogP contribution in [-0.2, 0) is 0 Å². The summed E-state index contributed by atoms with van der Waals surface area (Å²) in [5, 5.41) is 4.15. The van der Waals surface area contributed by atoms with Crippen molar-refractivity contribution >= 4 is 16.5 Å². The molecule has 0 amide bonds. The Morgan fingerprint density at radius 2 is 1.89 bits per heavy atom. The van der Waals surface area contributed by atoms with Crippen molar-refractivity contribution in [2.24, 2.45) is 0 Å². The van der Waals surface area contributed by atoms with Crippen molar-refractivity contribution in [3.8, 4) is 11.3 Å². The Morgan fingerprint density at radius 1 is 1.22 bits per heavy atom. The molecule has 0 unspecified atom stereocenters. The summed E-state index contributed by atoms with van der Waals surface area (Å²) in [4.78, 5) is 5.51. The van der Waals surface area contributed by atoms with E-state index in [2.05, 4.69) is 31.1 Å². The molecule has 0 fully saturated rings. The average Bonchev–Trinajstić information content (AvgIpc) is 2.57.